The minimum Gasteiger partial charge on any atom is -0.507 e. The zero-order chi connectivity index (χ0) is 13.8. The lowest BCUT2D eigenvalue weighted by Gasteiger charge is -2.15. The maximum absolute atomic E-state index is 10.1. The van der Waals surface area contributed by atoms with Crippen molar-refractivity contribution in [2.75, 3.05) is 12.5 Å². The summed E-state index contributed by atoms with van der Waals surface area (Å²) in [5.41, 5.74) is 0.832. The van der Waals surface area contributed by atoms with E-state index in [0.29, 0.717) is 24.2 Å². The van der Waals surface area contributed by atoms with E-state index in [-0.39, 0.29) is 0 Å². The van der Waals surface area contributed by atoms with Crippen molar-refractivity contribution in [3.05, 3.63) is 35.9 Å². The SMILES string of the molecule is Cc1cc(OCC(C)CCCl)c2ccccc2c1O. The predicted molar refractivity (Wildman–Crippen MR) is 80.3 cm³/mol. The van der Waals surface area contributed by atoms with Gasteiger partial charge in [-0.1, -0.05) is 31.2 Å². The Labute approximate surface area is 119 Å². The van der Waals surface area contributed by atoms with E-state index in [0.717, 1.165) is 28.5 Å². The van der Waals surface area contributed by atoms with E-state index in [4.69, 9.17) is 16.3 Å². The third-order valence-electron chi connectivity index (χ3n) is 3.29. The van der Waals surface area contributed by atoms with Gasteiger partial charge >= 0.3 is 0 Å². The van der Waals surface area contributed by atoms with Gasteiger partial charge in [0.1, 0.15) is 11.5 Å². The number of ether oxygens (including phenoxy) is 1. The monoisotopic (exact) mass is 278 g/mol. The molecule has 0 amide bonds. The summed E-state index contributed by atoms with van der Waals surface area (Å²) in [7, 11) is 0. The highest BCUT2D eigenvalue weighted by atomic mass is 35.5. The maximum Gasteiger partial charge on any atom is 0.127 e. The molecule has 2 aromatic rings. The average molecular weight is 279 g/mol. The highest BCUT2D eigenvalue weighted by molar-refractivity contribution is 6.17. The van der Waals surface area contributed by atoms with Gasteiger partial charge in [0.05, 0.1) is 6.61 Å². The maximum atomic E-state index is 10.1. The topological polar surface area (TPSA) is 29.5 Å². The lowest BCUT2D eigenvalue weighted by molar-refractivity contribution is 0.259. The summed E-state index contributed by atoms with van der Waals surface area (Å²) in [6, 6.07) is 9.64. The fourth-order valence-corrected chi connectivity index (χ4v) is 2.45. The molecule has 0 aliphatic rings. The van der Waals surface area contributed by atoms with Gasteiger partial charge in [-0.05, 0) is 30.9 Å². The number of aromatic hydroxyl groups is 1. The van der Waals surface area contributed by atoms with E-state index < -0.39 is 0 Å². The van der Waals surface area contributed by atoms with E-state index in [9.17, 15) is 5.11 Å². The molecule has 102 valence electrons. The first kappa shape index (κ1) is 14.0. The number of hydrogen-bond donors (Lipinski definition) is 1. The molecular weight excluding hydrogens is 260 g/mol. The fraction of sp³-hybridized carbons (Fsp3) is 0.375. The molecule has 0 fully saturated rings. The van der Waals surface area contributed by atoms with Gasteiger partial charge in [0.2, 0.25) is 0 Å². The van der Waals surface area contributed by atoms with Crippen LogP contribution in [-0.4, -0.2) is 17.6 Å². The van der Waals surface area contributed by atoms with Crippen molar-refractivity contribution in [1.29, 1.82) is 0 Å². The number of phenolic OH excluding ortho intramolecular Hbond substituents is 1. The first-order valence-electron chi connectivity index (χ1n) is 6.53. The van der Waals surface area contributed by atoms with Gasteiger partial charge in [-0.25, -0.2) is 0 Å². The zero-order valence-corrected chi connectivity index (χ0v) is 12.1. The molecule has 0 aliphatic carbocycles. The summed E-state index contributed by atoms with van der Waals surface area (Å²) in [5.74, 6) is 2.23. The van der Waals surface area contributed by atoms with Gasteiger partial charge < -0.3 is 9.84 Å². The molecule has 0 saturated heterocycles. The Bertz CT molecular complexity index is 566. The Kier molecular flexibility index (Phi) is 4.54. The van der Waals surface area contributed by atoms with Gasteiger partial charge in [0.25, 0.3) is 0 Å². The van der Waals surface area contributed by atoms with Crippen LogP contribution in [0, 0.1) is 12.8 Å². The second-order valence-electron chi connectivity index (χ2n) is 4.98. The molecule has 1 atom stereocenters. The van der Waals surface area contributed by atoms with Crippen molar-refractivity contribution in [2.45, 2.75) is 20.3 Å². The highest BCUT2D eigenvalue weighted by Gasteiger charge is 2.10. The lowest BCUT2D eigenvalue weighted by atomic mass is 10.0. The summed E-state index contributed by atoms with van der Waals surface area (Å²) in [4.78, 5) is 0. The van der Waals surface area contributed by atoms with Crippen molar-refractivity contribution in [3.63, 3.8) is 0 Å². The first-order valence-corrected chi connectivity index (χ1v) is 7.07. The summed E-state index contributed by atoms with van der Waals surface area (Å²) < 4.78 is 5.90. The van der Waals surface area contributed by atoms with Crippen molar-refractivity contribution in [2.24, 2.45) is 5.92 Å². The zero-order valence-electron chi connectivity index (χ0n) is 11.3. The lowest BCUT2D eigenvalue weighted by Crippen LogP contribution is -2.09. The third-order valence-corrected chi connectivity index (χ3v) is 3.51. The van der Waals surface area contributed by atoms with Crippen LogP contribution in [0.2, 0.25) is 0 Å². The summed E-state index contributed by atoms with van der Waals surface area (Å²) in [6.45, 7) is 4.65. The number of benzene rings is 2. The second-order valence-corrected chi connectivity index (χ2v) is 5.36. The standard InChI is InChI=1S/C16H19ClO2/c1-11(7-8-17)10-19-15-9-12(2)16(18)14-6-4-3-5-13(14)15/h3-6,9,11,18H,7-8,10H2,1-2H3. The number of hydrogen-bond acceptors (Lipinski definition) is 2. The van der Waals surface area contributed by atoms with E-state index in [1.165, 1.54) is 0 Å². The molecule has 1 unspecified atom stereocenters. The van der Waals surface area contributed by atoms with Gasteiger partial charge in [-0.3, -0.25) is 0 Å². The van der Waals surface area contributed by atoms with Crippen molar-refractivity contribution >= 4 is 22.4 Å². The number of halogens is 1. The summed E-state index contributed by atoms with van der Waals surface area (Å²) in [5, 5.41) is 11.9. The van der Waals surface area contributed by atoms with Crippen molar-refractivity contribution in [1.82, 2.24) is 0 Å². The van der Waals surface area contributed by atoms with Gasteiger partial charge in [0.15, 0.2) is 0 Å². The van der Waals surface area contributed by atoms with Crippen molar-refractivity contribution < 1.29 is 9.84 Å². The molecule has 0 spiro atoms. The molecule has 0 radical (unpaired) electrons. The number of rotatable bonds is 5. The molecule has 0 aliphatic heterocycles. The van der Waals surface area contributed by atoms with Crippen LogP contribution in [0.15, 0.2) is 30.3 Å². The normalized spacial score (nSPS) is 12.6. The Morgan fingerprint density at radius 1 is 1.26 bits per heavy atom. The number of alkyl halides is 1. The van der Waals surface area contributed by atoms with Gasteiger partial charge in [-0.2, -0.15) is 0 Å². The number of phenols is 1. The Morgan fingerprint density at radius 2 is 1.95 bits per heavy atom. The van der Waals surface area contributed by atoms with Crippen LogP contribution >= 0.6 is 11.6 Å². The van der Waals surface area contributed by atoms with Crippen LogP contribution in [0.3, 0.4) is 0 Å². The molecule has 3 heteroatoms. The first-order chi connectivity index (χ1) is 9.13. The van der Waals surface area contributed by atoms with Crippen molar-refractivity contribution in [3.8, 4) is 11.5 Å². The van der Waals surface area contributed by atoms with Crippen LogP contribution in [0.1, 0.15) is 18.9 Å². The molecule has 0 heterocycles. The van der Waals surface area contributed by atoms with E-state index >= 15 is 0 Å². The van der Waals surface area contributed by atoms with Crippen LogP contribution in [-0.2, 0) is 0 Å². The van der Waals surface area contributed by atoms with Crippen LogP contribution < -0.4 is 4.74 Å². The van der Waals surface area contributed by atoms with Crippen LogP contribution in [0.25, 0.3) is 10.8 Å². The number of fused-ring (bicyclic) bond motifs is 1. The Balaban J connectivity index is 2.30. The van der Waals surface area contributed by atoms with E-state index in [2.05, 4.69) is 6.92 Å². The summed E-state index contributed by atoms with van der Waals surface area (Å²) >= 11 is 5.73. The molecule has 2 nitrogen and oxygen atoms in total. The van der Waals surface area contributed by atoms with Crippen LogP contribution in [0.4, 0.5) is 0 Å². The Morgan fingerprint density at radius 3 is 2.63 bits per heavy atom. The molecule has 0 saturated carbocycles. The largest absolute Gasteiger partial charge is 0.507 e. The van der Waals surface area contributed by atoms with Crippen LogP contribution in [0.5, 0.6) is 11.5 Å². The molecule has 0 aromatic heterocycles. The molecule has 19 heavy (non-hydrogen) atoms. The highest BCUT2D eigenvalue weighted by Crippen LogP contribution is 2.35. The minimum absolute atomic E-state index is 0.330. The minimum atomic E-state index is 0.330. The predicted octanol–water partition coefficient (Wildman–Crippen LogP) is 4.50. The van der Waals surface area contributed by atoms with Gasteiger partial charge in [0, 0.05) is 16.7 Å². The molecule has 1 N–H and O–H groups in total. The molecule has 2 rings (SSSR count). The molecule has 0 bridgehead atoms. The quantitative estimate of drug-likeness (QED) is 0.816. The van der Waals surface area contributed by atoms with E-state index in [1.807, 2.05) is 37.3 Å². The smallest absolute Gasteiger partial charge is 0.127 e. The third kappa shape index (κ3) is 3.13. The summed E-state index contributed by atoms with van der Waals surface area (Å²) in [6.07, 6.45) is 0.941. The molecular formula is C16H19ClO2. The van der Waals surface area contributed by atoms with E-state index in [1.54, 1.807) is 0 Å². The van der Waals surface area contributed by atoms with Gasteiger partial charge in [-0.15, -0.1) is 11.6 Å². The number of aryl methyl sites for hydroxylation is 1. The molecule has 2 aromatic carbocycles. The Hall–Kier alpha value is -1.41. The second kappa shape index (κ2) is 6.16. The fourth-order valence-electron chi connectivity index (χ4n) is 2.08. The average Bonchev–Trinajstić information content (AvgIpc) is 2.42.